The summed E-state index contributed by atoms with van der Waals surface area (Å²) in [4.78, 5) is 12.1. The first-order chi connectivity index (χ1) is 9.51. The van der Waals surface area contributed by atoms with Crippen molar-refractivity contribution in [3.05, 3.63) is 53.3 Å². The average Bonchev–Trinajstić information content (AvgIpc) is 2.43. The molecule has 2 aromatic carbocycles. The lowest BCUT2D eigenvalue weighted by atomic mass is 10.1. The number of hydrogen-bond donors (Lipinski definition) is 2. The monoisotopic (exact) mass is 275 g/mol. The zero-order valence-electron chi connectivity index (χ0n) is 11.1. The van der Waals surface area contributed by atoms with E-state index < -0.39 is 5.91 Å². The van der Waals surface area contributed by atoms with Crippen LogP contribution in [0.2, 0.25) is 0 Å². The van der Waals surface area contributed by atoms with E-state index in [1.54, 1.807) is 13.0 Å². The summed E-state index contributed by atoms with van der Waals surface area (Å²) in [5, 5.41) is 12.3. The third kappa shape index (κ3) is 2.88. The third-order valence-corrected chi connectivity index (χ3v) is 2.86. The molecule has 2 aromatic rings. The summed E-state index contributed by atoms with van der Waals surface area (Å²) in [5.74, 6) is -0.523. The van der Waals surface area contributed by atoms with Crippen LogP contribution in [0.4, 0.5) is 10.1 Å². The highest BCUT2D eigenvalue weighted by Crippen LogP contribution is 2.24. The number of rotatable bonds is 3. The van der Waals surface area contributed by atoms with Gasteiger partial charge in [-0.15, -0.1) is 0 Å². The van der Waals surface area contributed by atoms with Gasteiger partial charge in [-0.3, -0.25) is 4.79 Å². The van der Waals surface area contributed by atoms with Crippen molar-refractivity contribution in [2.45, 2.75) is 6.92 Å². The molecule has 0 bridgehead atoms. The molecule has 0 heterocycles. The molecule has 0 saturated carbocycles. The fourth-order valence-electron chi connectivity index (χ4n) is 1.74. The van der Waals surface area contributed by atoms with Crippen molar-refractivity contribution in [1.29, 1.82) is 0 Å². The number of amides is 1. The molecule has 0 atom stereocenters. The van der Waals surface area contributed by atoms with Crippen LogP contribution in [0, 0.1) is 12.7 Å². The zero-order valence-corrected chi connectivity index (χ0v) is 11.1. The van der Waals surface area contributed by atoms with Crippen LogP contribution in [0.15, 0.2) is 36.4 Å². The Morgan fingerprint density at radius 1 is 1.25 bits per heavy atom. The molecule has 0 aliphatic rings. The Kier molecular flexibility index (Phi) is 3.89. The minimum Gasteiger partial charge on any atom is -0.507 e. The van der Waals surface area contributed by atoms with Crippen molar-refractivity contribution in [3.8, 4) is 11.5 Å². The van der Waals surface area contributed by atoms with Gasteiger partial charge in [-0.1, -0.05) is 0 Å². The number of phenols is 1. The number of aromatic hydroxyl groups is 1. The summed E-state index contributed by atoms with van der Waals surface area (Å²) in [5.41, 5.74) is 0.972. The summed E-state index contributed by atoms with van der Waals surface area (Å²) in [6.45, 7) is 1.61. The molecule has 0 saturated heterocycles. The summed E-state index contributed by atoms with van der Waals surface area (Å²) in [7, 11) is 1.47. The number of aryl methyl sites for hydroxylation is 1. The number of carbonyl (C=O) groups excluding carboxylic acids is 1. The first kappa shape index (κ1) is 13.9. The van der Waals surface area contributed by atoms with Gasteiger partial charge < -0.3 is 15.2 Å². The van der Waals surface area contributed by atoms with Gasteiger partial charge in [-0.25, -0.2) is 4.39 Å². The quantitative estimate of drug-likeness (QED) is 0.905. The van der Waals surface area contributed by atoms with Gasteiger partial charge in [0.1, 0.15) is 17.3 Å². The van der Waals surface area contributed by atoms with E-state index in [9.17, 15) is 14.3 Å². The van der Waals surface area contributed by atoms with Gasteiger partial charge in [-0.2, -0.15) is 0 Å². The van der Waals surface area contributed by atoms with Crippen LogP contribution in [0.5, 0.6) is 11.5 Å². The lowest BCUT2D eigenvalue weighted by Crippen LogP contribution is -2.12. The van der Waals surface area contributed by atoms with Crippen molar-refractivity contribution < 1.29 is 19.0 Å². The molecule has 1 amide bonds. The molecule has 0 aromatic heterocycles. The van der Waals surface area contributed by atoms with Crippen LogP contribution in [0.3, 0.4) is 0 Å². The largest absolute Gasteiger partial charge is 0.507 e. The molecular weight excluding hydrogens is 261 g/mol. The minimum absolute atomic E-state index is 0.0892. The molecule has 2 N–H and O–H groups in total. The normalized spacial score (nSPS) is 10.2. The lowest BCUT2D eigenvalue weighted by molar-refractivity contribution is 0.102. The van der Waals surface area contributed by atoms with Crippen LogP contribution < -0.4 is 10.1 Å². The number of nitrogens with one attached hydrogen (secondary N) is 1. The van der Waals surface area contributed by atoms with Gasteiger partial charge in [-0.05, 0) is 48.9 Å². The smallest absolute Gasteiger partial charge is 0.259 e. The first-order valence-corrected chi connectivity index (χ1v) is 5.96. The highest BCUT2D eigenvalue weighted by Gasteiger charge is 2.13. The Morgan fingerprint density at radius 2 is 2.00 bits per heavy atom. The van der Waals surface area contributed by atoms with E-state index in [1.165, 1.54) is 37.4 Å². The zero-order chi connectivity index (χ0) is 14.7. The van der Waals surface area contributed by atoms with E-state index in [0.29, 0.717) is 17.0 Å². The van der Waals surface area contributed by atoms with Crippen LogP contribution in [0.1, 0.15) is 15.9 Å². The Hall–Kier alpha value is -2.56. The molecule has 104 valence electrons. The maximum Gasteiger partial charge on any atom is 0.259 e. The van der Waals surface area contributed by atoms with Crippen LogP contribution in [-0.2, 0) is 0 Å². The van der Waals surface area contributed by atoms with E-state index in [1.807, 2.05) is 0 Å². The van der Waals surface area contributed by atoms with Crippen molar-refractivity contribution in [1.82, 2.24) is 0 Å². The van der Waals surface area contributed by atoms with E-state index in [0.717, 1.165) is 0 Å². The van der Waals surface area contributed by atoms with E-state index in [-0.39, 0.29) is 17.1 Å². The molecule has 0 aliphatic carbocycles. The highest BCUT2D eigenvalue weighted by atomic mass is 19.1. The standard InChI is InChI=1S/C15H14FNO3/c1-9-7-10(3-5-13(9)16)17-15(19)12-8-11(20-2)4-6-14(12)18/h3-8,18H,1-2H3,(H,17,19). The number of phenolic OH excluding ortho intramolecular Hbond substituents is 1. The highest BCUT2D eigenvalue weighted by molar-refractivity contribution is 6.06. The second-order valence-electron chi connectivity index (χ2n) is 4.30. The maximum absolute atomic E-state index is 13.2. The number of benzene rings is 2. The van der Waals surface area contributed by atoms with Gasteiger partial charge >= 0.3 is 0 Å². The topological polar surface area (TPSA) is 58.6 Å². The third-order valence-electron chi connectivity index (χ3n) is 2.86. The van der Waals surface area contributed by atoms with Gasteiger partial charge in [0.25, 0.3) is 5.91 Å². The van der Waals surface area contributed by atoms with Crippen LogP contribution >= 0.6 is 0 Å². The SMILES string of the molecule is COc1ccc(O)c(C(=O)Nc2ccc(F)c(C)c2)c1. The second kappa shape index (κ2) is 5.61. The predicted molar refractivity (Wildman–Crippen MR) is 73.7 cm³/mol. The summed E-state index contributed by atoms with van der Waals surface area (Å²) < 4.78 is 18.2. The fourth-order valence-corrected chi connectivity index (χ4v) is 1.74. The molecule has 0 fully saturated rings. The van der Waals surface area contributed by atoms with Crippen molar-refractivity contribution in [3.63, 3.8) is 0 Å². The van der Waals surface area contributed by atoms with Crippen LogP contribution in [-0.4, -0.2) is 18.1 Å². The van der Waals surface area contributed by atoms with Crippen molar-refractivity contribution in [2.24, 2.45) is 0 Å². The summed E-state index contributed by atoms with van der Waals surface area (Å²) >= 11 is 0. The Morgan fingerprint density at radius 3 is 2.65 bits per heavy atom. The maximum atomic E-state index is 13.2. The number of halogens is 1. The molecular formula is C15H14FNO3. The number of methoxy groups -OCH3 is 1. The number of ether oxygens (including phenoxy) is 1. The lowest BCUT2D eigenvalue weighted by Gasteiger charge is -2.09. The molecule has 2 rings (SSSR count). The van der Waals surface area contributed by atoms with E-state index in [4.69, 9.17) is 4.74 Å². The summed E-state index contributed by atoms with van der Waals surface area (Å²) in [6.07, 6.45) is 0. The Bertz CT molecular complexity index is 656. The van der Waals surface area contributed by atoms with Gasteiger partial charge in [0, 0.05) is 5.69 Å². The molecule has 20 heavy (non-hydrogen) atoms. The number of hydrogen-bond acceptors (Lipinski definition) is 3. The van der Waals surface area contributed by atoms with Gasteiger partial charge in [0.2, 0.25) is 0 Å². The molecule has 0 unspecified atom stereocenters. The second-order valence-corrected chi connectivity index (χ2v) is 4.30. The molecule has 0 spiro atoms. The molecule has 5 heteroatoms. The van der Waals surface area contributed by atoms with Gasteiger partial charge in [0.15, 0.2) is 0 Å². The minimum atomic E-state index is -0.493. The number of anilines is 1. The predicted octanol–water partition coefficient (Wildman–Crippen LogP) is 3.10. The van der Waals surface area contributed by atoms with Crippen molar-refractivity contribution in [2.75, 3.05) is 12.4 Å². The van der Waals surface area contributed by atoms with E-state index in [2.05, 4.69) is 5.32 Å². The Balaban J connectivity index is 2.25. The molecule has 0 radical (unpaired) electrons. The first-order valence-electron chi connectivity index (χ1n) is 5.96. The van der Waals surface area contributed by atoms with E-state index >= 15 is 0 Å². The number of carbonyl (C=O) groups is 1. The summed E-state index contributed by atoms with van der Waals surface area (Å²) in [6, 6.07) is 8.61. The molecule has 4 nitrogen and oxygen atoms in total. The average molecular weight is 275 g/mol. The van der Waals surface area contributed by atoms with Crippen LogP contribution in [0.25, 0.3) is 0 Å². The fraction of sp³-hybridized carbons (Fsp3) is 0.133. The van der Waals surface area contributed by atoms with Gasteiger partial charge in [0.05, 0.1) is 12.7 Å². The molecule has 0 aliphatic heterocycles. The van der Waals surface area contributed by atoms with Crippen molar-refractivity contribution >= 4 is 11.6 Å². The Labute approximate surface area is 115 Å².